The number of guanidine groups is 1. The third kappa shape index (κ3) is 6.97. The summed E-state index contributed by atoms with van der Waals surface area (Å²) >= 11 is 0. The fourth-order valence-electron chi connectivity index (χ4n) is 2.80. The molecular formula is C21H24F2IN5O. The molecule has 6 nitrogen and oxygen atoms in total. The van der Waals surface area contributed by atoms with Crippen molar-refractivity contribution >= 4 is 29.9 Å². The second-order valence-electron chi connectivity index (χ2n) is 6.22. The number of hydrogen-bond donors (Lipinski definition) is 2. The van der Waals surface area contributed by atoms with Crippen molar-refractivity contribution in [3.63, 3.8) is 0 Å². The van der Waals surface area contributed by atoms with E-state index >= 15 is 0 Å². The van der Waals surface area contributed by atoms with Crippen molar-refractivity contribution in [1.29, 1.82) is 0 Å². The molecule has 0 aliphatic rings. The molecule has 2 aromatic carbocycles. The summed E-state index contributed by atoms with van der Waals surface area (Å²) in [5.74, 6) is 0.728. The van der Waals surface area contributed by atoms with Crippen LogP contribution in [0.2, 0.25) is 0 Å². The Bertz CT molecular complexity index is 934. The van der Waals surface area contributed by atoms with Crippen LogP contribution in [0.1, 0.15) is 11.1 Å². The van der Waals surface area contributed by atoms with Gasteiger partial charge in [0.15, 0.2) is 5.96 Å². The first-order valence-electron chi connectivity index (χ1n) is 9.22. The Morgan fingerprint density at radius 1 is 1.10 bits per heavy atom. The van der Waals surface area contributed by atoms with Crippen LogP contribution in [0.4, 0.5) is 8.78 Å². The summed E-state index contributed by atoms with van der Waals surface area (Å²) < 4.78 is 31.4. The van der Waals surface area contributed by atoms with Crippen molar-refractivity contribution in [2.45, 2.75) is 19.6 Å². The zero-order chi connectivity index (χ0) is 20.5. The van der Waals surface area contributed by atoms with Gasteiger partial charge in [-0.1, -0.05) is 36.4 Å². The molecule has 0 saturated heterocycles. The number of aromatic nitrogens is 2. The van der Waals surface area contributed by atoms with Crippen LogP contribution in [0, 0.1) is 0 Å². The molecule has 0 fully saturated rings. The van der Waals surface area contributed by atoms with E-state index in [9.17, 15) is 8.78 Å². The van der Waals surface area contributed by atoms with Gasteiger partial charge in [-0.25, -0.2) is 4.68 Å². The normalized spacial score (nSPS) is 11.1. The van der Waals surface area contributed by atoms with Crippen molar-refractivity contribution in [3.05, 3.63) is 78.1 Å². The molecule has 0 saturated carbocycles. The number of nitrogens with one attached hydrogen (secondary N) is 2. The highest BCUT2D eigenvalue weighted by Crippen LogP contribution is 2.19. The predicted octanol–water partition coefficient (Wildman–Crippen LogP) is 4.00. The number of hydrogen-bond acceptors (Lipinski definition) is 3. The molecule has 0 spiro atoms. The lowest BCUT2D eigenvalue weighted by molar-refractivity contribution is -0.0504. The van der Waals surface area contributed by atoms with E-state index in [-0.39, 0.29) is 29.7 Å². The Morgan fingerprint density at radius 3 is 2.57 bits per heavy atom. The second-order valence-corrected chi connectivity index (χ2v) is 6.22. The molecular weight excluding hydrogens is 503 g/mol. The molecule has 3 rings (SSSR count). The number of ether oxygens (including phenoxy) is 1. The molecule has 3 aromatic rings. The highest BCUT2D eigenvalue weighted by molar-refractivity contribution is 14.0. The van der Waals surface area contributed by atoms with Crippen LogP contribution in [0.3, 0.4) is 0 Å². The molecule has 160 valence electrons. The maximum Gasteiger partial charge on any atom is 0.387 e. The van der Waals surface area contributed by atoms with E-state index < -0.39 is 6.61 Å². The Hall–Kier alpha value is -2.69. The van der Waals surface area contributed by atoms with E-state index in [1.807, 2.05) is 47.4 Å². The van der Waals surface area contributed by atoms with E-state index in [0.717, 1.165) is 17.7 Å². The maximum atomic E-state index is 12.5. The Morgan fingerprint density at radius 2 is 1.83 bits per heavy atom. The summed E-state index contributed by atoms with van der Waals surface area (Å²) in [5, 5.41) is 10.7. The molecule has 30 heavy (non-hydrogen) atoms. The number of nitrogens with zero attached hydrogens (tertiary/aromatic N) is 3. The largest absolute Gasteiger partial charge is 0.434 e. The van der Waals surface area contributed by atoms with Gasteiger partial charge in [-0.15, -0.1) is 24.0 Å². The van der Waals surface area contributed by atoms with Gasteiger partial charge < -0.3 is 15.4 Å². The molecule has 0 aliphatic carbocycles. The zero-order valence-corrected chi connectivity index (χ0v) is 18.8. The topological polar surface area (TPSA) is 63.5 Å². The first-order valence-corrected chi connectivity index (χ1v) is 9.22. The molecule has 0 atom stereocenters. The van der Waals surface area contributed by atoms with E-state index in [1.165, 1.54) is 6.07 Å². The number of para-hydroxylation sites is 2. The summed E-state index contributed by atoms with van der Waals surface area (Å²) in [5.41, 5.74) is 2.72. The van der Waals surface area contributed by atoms with Crippen molar-refractivity contribution in [3.8, 4) is 11.4 Å². The van der Waals surface area contributed by atoms with Gasteiger partial charge >= 0.3 is 6.61 Å². The quantitative estimate of drug-likeness (QED) is 0.264. The van der Waals surface area contributed by atoms with Crippen LogP contribution in [0.5, 0.6) is 5.75 Å². The molecule has 9 heteroatoms. The lowest BCUT2D eigenvalue weighted by Gasteiger charge is -2.14. The second kappa shape index (κ2) is 12.1. The standard InChI is InChI=1S/C21H23F2N5O.HI/c1-24-21(26-14-17-7-5-6-10-19(17)29-20(22)23)25-12-11-16-13-27-28(15-16)18-8-3-2-4-9-18;/h2-10,13,15,20H,11-12,14H2,1H3,(H2,24,25,26);1H. The molecule has 0 bridgehead atoms. The summed E-state index contributed by atoms with van der Waals surface area (Å²) in [6, 6.07) is 16.6. The highest BCUT2D eigenvalue weighted by atomic mass is 127. The SMILES string of the molecule is CN=C(NCCc1cnn(-c2ccccc2)c1)NCc1ccccc1OC(F)F.I. The van der Waals surface area contributed by atoms with E-state index in [4.69, 9.17) is 0 Å². The highest BCUT2D eigenvalue weighted by Gasteiger charge is 2.09. The smallest absolute Gasteiger partial charge is 0.387 e. The van der Waals surface area contributed by atoms with Gasteiger partial charge in [0.25, 0.3) is 0 Å². The van der Waals surface area contributed by atoms with E-state index in [1.54, 1.807) is 25.2 Å². The molecule has 2 N–H and O–H groups in total. The van der Waals surface area contributed by atoms with Crippen LogP contribution in [-0.4, -0.2) is 35.9 Å². The molecule has 0 aliphatic heterocycles. The summed E-state index contributed by atoms with van der Waals surface area (Å²) in [7, 11) is 1.66. The average molecular weight is 527 g/mol. The lowest BCUT2D eigenvalue weighted by Crippen LogP contribution is -2.37. The summed E-state index contributed by atoms with van der Waals surface area (Å²) in [6.07, 6.45) is 4.59. The molecule has 0 unspecified atom stereocenters. The van der Waals surface area contributed by atoms with Crippen LogP contribution in [0.25, 0.3) is 5.69 Å². The van der Waals surface area contributed by atoms with Gasteiger partial charge in [-0.3, -0.25) is 4.99 Å². The van der Waals surface area contributed by atoms with E-state index in [0.29, 0.717) is 24.6 Å². The fourth-order valence-corrected chi connectivity index (χ4v) is 2.80. The maximum absolute atomic E-state index is 12.5. The first kappa shape index (κ1) is 23.6. The fraction of sp³-hybridized carbons (Fsp3) is 0.238. The van der Waals surface area contributed by atoms with Crippen LogP contribution >= 0.6 is 24.0 Å². The minimum absolute atomic E-state index is 0. The van der Waals surface area contributed by atoms with Crippen molar-refractivity contribution in [1.82, 2.24) is 20.4 Å². The van der Waals surface area contributed by atoms with Gasteiger partial charge in [-0.05, 0) is 30.2 Å². The van der Waals surface area contributed by atoms with Gasteiger partial charge in [0.1, 0.15) is 5.75 Å². The van der Waals surface area contributed by atoms with Gasteiger partial charge in [0.2, 0.25) is 0 Å². The molecule has 1 heterocycles. The summed E-state index contributed by atoms with van der Waals surface area (Å²) in [6.45, 7) is -1.89. The van der Waals surface area contributed by atoms with Gasteiger partial charge in [0, 0.05) is 31.9 Å². The Labute approximate surface area is 191 Å². The third-order valence-electron chi connectivity index (χ3n) is 4.22. The van der Waals surface area contributed by atoms with Gasteiger partial charge in [-0.2, -0.15) is 13.9 Å². The first-order chi connectivity index (χ1) is 14.2. The Balaban J connectivity index is 0.00000320. The number of benzene rings is 2. The Kier molecular flexibility index (Phi) is 9.52. The third-order valence-corrected chi connectivity index (χ3v) is 4.22. The van der Waals surface area contributed by atoms with Crippen LogP contribution in [0.15, 0.2) is 72.0 Å². The number of aliphatic imine (C=N–C) groups is 1. The minimum atomic E-state index is -2.86. The number of halogens is 3. The molecule has 0 amide bonds. The van der Waals surface area contributed by atoms with Crippen LogP contribution < -0.4 is 15.4 Å². The van der Waals surface area contributed by atoms with Crippen molar-refractivity contribution in [2.75, 3.05) is 13.6 Å². The van der Waals surface area contributed by atoms with Crippen molar-refractivity contribution in [2.24, 2.45) is 4.99 Å². The number of rotatable bonds is 8. The van der Waals surface area contributed by atoms with Crippen molar-refractivity contribution < 1.29 is 13.5 Å². The molecule has 0 radical (unpaired) electrons. The van der Waals surface area contributed by atoms with Gasteiger partial charge in [0.05, 0.1) is 11.9 Å². The summed E-state index contributed by atoms with van der Waals surface area (Å²) in [4.78, 5) is 4.16. The zero-order valence-electron chi connectivity index (χ0n) is 16.5. The lowest BCUT2D eigenvalue weighted by atomic mass is 10.2. The minimum Gasteiger partial charge on any atom is -0.434 e. The predicted molar refractivity (Wildman–Crippen MR) is 124 cm³/mol. The van der Waals surface area contributed by atoms with Crippen LogP contribution in [-0.2, 0) is 13.0 Å². The average Bonchev–Trinajstić information content (AvgIpc) is 3.21. The van der Waals surface area contributed by atoms with E-state index in [2.05, 4.69) is 25.5 Å². The number of alkyl halides is 2. The molecule has 1 aromatic heterocycles. The monoisotopic (exact) mass is 527 g/mol.